The van der Waals surface area contributed by atoms with Crippen LogP contribution in [0.4, 0.5) is 5.13 Å². The van der Waals surface area contributed by atoms with Crippen molar-refractivity contribution in [3.63, 3.8) is 0 Å². The topological polar surface area (TPSA) is 98.9 Å². The van der Waals surface area contributed by atoms with Crippen LogP contribution in [-0.2, 0) is 14.1 Å². The molecule has 4 aromatic rings. The first kappa shape index (κ1) is 20.2. The second kappa shape index (κ2) is 7.62. The largest absolute Gasteiger partial charge is 0.332 e. The van der Waals surface area contributed by atoms with Crippen LogP contribution in [0.3, 0.4) is 0 Å². The molecule has 0 saturated carbocycles. The molecule has 0 aliphatic carbocycles. The highest BCUT2D eigenvalue weighted by molar-refractivity contribution is 9.10. The number of aryl methyl sites for hydroxylation is 2. The second-order valence-electron chi connectivity index (χ2n) is 6.66. The van der Waals surface area contributed by atoms with E-state index in [1.54, 1.807) is 0 Å². The minimum absolute atomic E-state index is 0.0868. The summed E-state index contributed by atoms with van der Waals surface area (Å²) in [6.45, 7) is 1.94. The van der Waals surface area contributed by atoms with Gasteiger partial charge in [0.2, 0.25) is 0 Å². The highest BCUT2D eigenvalue weighted by Crippen LogP contribution is 2.31. The summed E-state index contributed by atoms with van der Waals surface area (Å²) in [4.78, 5) is 46.9. The van der Waals surface area contributed by atoms with Crippen molar-refractivity contribution in [2.75, 3.05) is 5.32 Å². The zero-order valence-electron chi connectivity index (χ0n) is 16.3. The van der Waals surface area contributed by atoms with E-state index in [1.165, 1.54) is 42.1 Å². The lowest BCUT2D eigenvalue weighted by Crippen LogP contribution is -2.37. The summed E-state index contributed by atoms with van der Waals surface area (Å²) < 4.78 is 3.22. The van der Waals surface area contributed by atoms with Crippen LogP contribution < -0.4 is 16.6 Å². The molecule has 0 saturated heterocycles. The predicted octanol–water partition coefficient (Wildman–Crippen LogP) is 3.08. The first-order valence-electron chi connectivity index (χ1n) is 8.87. The maximum Gasteiger partial charge on any atom is 0.332 e. The number of nitrogens with zero attached hydrogens (tertiary/aromatic N) is 4. The Labute approximate surface area is 183 Å². The van der Waals surface area contributed by atoms with Crippen LogP contribution in [0.25, 0.3) is 22.3 Å². The van der Waals surface area contributed by atoms with Crippen LogP contribution >= 0.6 is 27.3 Å². The number of carbonyl (C=O) groups is 1. The number of hydrogen-bond acceptors (Lipinski definition) is 6. The Hall–Kier alpha value is -3.11. The molecule has 1 amide bonds. The highest BCUT2D eigenvalue weighted by atomic mass is 79.9. The first-order valence-corrected chi connectivity index (χ1v) is 10.5. The van der Waals surface area contributed by atoms with Crippen molar-refractivity contribution in [1.82, 2.24) is 19.1 Å². The van der Waals surface area contributed by atoms with Crippen molar-refractivity contribution in [1.29, 1.82) is 0 Å². The Kier molecular flexibility index (Phi) is 5.12. The summed E-state index contributed by atoms with van der Waals surface area (Å²) in [5.41, 5.74) is 1.02. The normalized spacial score (nSPS) is 11.1. The third-order valence-corrected chi connectivity index (χ3v) is 6.08. The van der Waals surface area contributed by atoms with Gasteiger partial charge in [-0.25, -0.2) is 14.8 Å². The van der Waals surface area contributed by atoms with E-state index in [1.807, 2.05) is 31.2 Å². The van der Waals surface area contributed by atoms with Gasteiger partial charge in [0.15, 0.2) is 5.13 Å². The molecule has 0 atom stereocenters. The van der Waals surface area contributed by atoms with Gasteiger partial charge in [-0.05, 0) is 31.2 Å². The number of rotatable bonds is 3. The van der Waals surface area contributed by atoms with E-state index in [0.717, 1.165) is 25.2 Å². The second-order valence-corrected chi connectivity index (χ2v) is 8.78. The number of pyridine rings is 1. The molecule has 10 heteroatoms. The Balaban J connectivity index is 1.67. The lowest BCUT2D eigenvalue weighted by atomic mass is 10.1. The fourth-order valence-corrected chi connectivity index (χ4v) is 4.16. The fourth-order valence-electron chi connectivity index (χ4n) is 3.07. The fraction of sp³-hybridized carbons (Fsp3) is 0.150. The average Bonchev–Trinajstić information content (AvgIpc) is 3.10. The highest BCUT2D eigenvalue weighted by Gasteiger charge is 2.16. The van der Waals surface area contributed by atoms with Gasteiger partial charge < -0.3 is 0 Å². The summed E-state index contributed by atoms with van der Waals surface area (Å²) in [7, 11) is 2.91. The molecule has 30 heavy (non-hydrogen) atoms. The van der Waals surface area contributed by atoms with Crippen LogP contribution in [0.1, 0.15) is 15.4 Å². The van der Waals surface area contributed by atoms with Gasteiger partial charge in [-0.2, -0.15) is 0 Å². The Bertz CT molecular complexity index is 1420. The quantitative estimate of drug-likeness (QED) is 0.480. The summed E-state index contributed by atoms with van der Waals surface area (Å²) in [6.07, 6.45) is 0. The average molecular weight is 486 g/mol. The number of nitrogens with one attached hydrogen (secondary N) is 1. The summed E-state index contributed by atoms with van der Waals surface area (Å²) in [5, 5.41) is 3.45. The number of halogens is 1. The van der Waals surface area contributed by atoms with Gasteiger partial charge >= 0.3 is 5.69 Å². The van der Waals surface area contributed by atoms with Crippen molar-refractivity contribution in [3.05, 3.63) is 72.3 Å². The van der Waals surface area contributed by atoms with E-state index in [0.29, 0.717) is 5.13 Å². The number of anilines is 1. The van der Waals surface area contributed by atoms with Gasteiger partial charge in [0.05, 0.1) is 11.1 Å². The van der Waals surface area contributed by atoms with Gasteiger partial charge in [0, 0.05) is 29.0 Å². The zero-order valence-corrected chi connectivity index (χ0v) is 18.7. The van der Waals surface area contributed by atoms with Crippen LogP contribution in [-0.4, -0.2) is 25.0 Å². The van der Waals surface area contributed by atoms with Crippen molar-refractivity contribution < 1.29 is 4.79 Å². The third kappa shape index (κ3) is 3.48. The smallest absolute Gasteiger partial charge is 0.296 e. The number of benzene rings is 1. The van der Waals surface area contributed by atoms with Gasteiger partial charge in [-0.1, -0.05) is 28.1 Å². The third-order valence-electron chi connectivity index (χ3n) is 4.67. The van der Waals surface area contributed by atoms with E-state index in [4.69, 9.17) is 0 Å². The molecular weight excluding hydrogens is 470 g/mol. The molecule has 4 rings (SSSR count). The Morgan fingerprint density at radius 1 is 1.03 bits per heavy atom. The van der Waals surface area contributed by atoms with E-state index < -0.39 is 17.2 Å². The predicted molar refractivity (Wildman–Crippen MR) is 120 cm³/mol. The Morgan fingerprint density at radius 2 is 1.73 bits per heavy atom. The number of carbonyl (C=O) groups excluding carboxylic acids is 1. The van der Waals surface area contributed by atoms with E-state index in [9.17, 15) is 14.4 Å². The lowest BCUT2D eigenvalue weighted by Gasteiger charge is -2.08. The molecule has 1 N–H and O–H groups in total. The molecule has 0 bridgehead atoms. The number of thiazole rings is 1. The van der Waals surface area contributed by atoms with E-state index in [2.05, 4.69) is 31.2 Å². The standard InChI is InChI=1S/C20H16BrN5O3S/c1-10-15(11-4-6-12(21)7-5-11)23-19(30-10)24-17(27)14-9-8-13-16(22-14)25(2)20(29)26(3)18(13)28/h4-9H,1-3H3,(H,23,24,27). The zero-order chi connectivity index (χ0) is 21.6. The molecule has 0 aliphatic rings. The van der Waals surface area contributed by atoms with Gasteiger partial charge in [0.1, 0.15) is 11.3 Å². The molecule has 0 spiro atoms. The van der Waals surface area contributed by atoms with Crippen LogP contribution in [0, 0.1) is 6.92 Å². The van der Waals surface area contributed by atoms with Crippen LogP contribution in [0.15, 0.2) is 50.5 Å². The van der Waals surface area contributed by atoms with Gasteiger partial charge in [-0.15, -0.1) is 11.3 Å². The lowest BCUT2D eigenvalue weighted by molar-refractivity contribution is 0.102. The summed E-state index contributed by atoms with van der Waals surface area (Å²) in [6, 6.07) is 10.7. The Morgan fingerprint density at radius 3 is 2.43 bits per heavy atom. The molecule has 0 unspecified atom stereocenters. The maximum atomic E-state index is 12.7. The summed E-state index contributed by atoms with van der Waals surface area (Å²) >= 11 is 4.77. The van der Waals surface area contributed by atoms with Crippen molar-refractivity contribution in [2.45, 2.75) is 6.92 Å². The van der Waals surface area contributed by atoms with Gasteiger partial charge in [0.25, 0.3) is 11.5 Å². The first-order chi connectivity index (χ1) is 14.3. The number of amides is 1. The van der Waals surface area contributed by atoms with E-state index >= 15 is 0 Å². The van der Waals surface area contributed by atoms with Crippen LogP contribution in [0.2, 0.25) is 0 Å². The molecular formula is C20H16BrN5O3S. The maximum absolute atomic E-state index is 12.7. The number of aromatic nitrogens is 4. The van der Waals surface area contributed by atoms with Crippen LogP contribution in [0.5, 0.6) is 0 Å². The molecule has 0 aliphatic heterocycles. The number of hydrogen-bond donors (Lipinski definition) is 1. The SMILES string of the molecule is Cc1sc(NC(=O)c2ccc3c(=O)n(C)c(=O)n(C)c3n2)nc1-c1ccc(Br)cc1. The van der Waals surface area contributed by atoms with Crippen molar-refractivity contribution in [2.24, 2.45) is 14.1 Å². The van der Waals surface area contributed by atoms with Gasteiger partial charge in [-0.3, -0.25) is 24.0 Å². The summed E-state index contributed by atoms with van der Waals surface area (Å²) in [5.74, 6) is -0.471. The molecule has 3 aromatic heterocycles. The monoisotopic (exact) mass is 485 g/mol. The van der Waals surface area contributed by atoms with Crippen molar-refractivity contribution >= 4 is 49.3 Å². The molecule has 3 heterocycles. The molecule has 1 aromatic carbocycles. The molecule has 8 nitrogen and oxygen atoms in total. The van der Waals surface area contributed by atoms with Crippen molar-refractivity contribution in [3.8, 4) is 11.3 Å². The minimum atomic E-state index is -0.507. The molecule has 0 radical (unpaired) electrons. The molecule has 152 valence electrons. The molecule has 0 fully saturated rings. The number of fused-ring (bicyclic) bond motifs is 1. The van der Waals surface area contributed by atoms with E-state index in [-0.39, 0.29) is 16.7 Å². The minimum Gasteiger partial charge on any atom is -0.296 e.